The number of hydrogen-bond acceptors (Lipinski definition) is 8. The number of halogens is 1. The highest BCUT2D eigenvalue weighted by atomic mass is 32.2. The monoisotopic (exact) mass is 618 g/mol. The van der Waals surface area contributed by atoms with Crippen molar-refractivity contribution in [2.75, 3.05) is 43.8 Å². The van der Waals surface area contributed by atoms with Crippen molar-refractivity contribution in [1.82, 2.24) is 24.5 Å². The summed E-state index contributed by atoms with van der Waals surface area (Å²) in [6, 6.07) is 4.00. The molecule has 10 nitrogen and oxygen atoms in total. The third-order valence-electron chi connectivity index (χ3n) is 8.65. The van der Waals surface area contributed by atoms with Crippen molar-refractivity contribution in [3.05, 3.63) is 42.1 Å². The van der Waals surface area contributed by atoms with Crippen LogP contribution in [-0.2, 0) is 10.0 Å². The molecule has 1 aromatic carbocycles. The van der Waals surface area contributed by atoms with Crippen LogP contribution in [0.25, 0.3) is 0 Å². The lowest BCUT2D eigenvalue weighted by molar-refractivity contribution is 0.0713. The first kappa shape index (κ1) is 33.1. The van der Waals surface area contributed by atoms with Gasteiger partial charge >= 0.3 is 0 Å². The van der Waals surface area contributed by atoms with E-state index in [1.165, 1.54) is 24.5 Å². The Bertz CT molecular complexity index is 1310. The molecule has 1 saturated carbocycles. The summed E-state index contributed by atoms with van der Waals surface area (Å²) in [6.45, 7) is 11.8. The molecule has 0 radical (unpaired) electrons. The maximum Gasteiger partial charge on any atom is 0.257 e. The first-order valence-electron chi connectivity index (χ1n) is 15.6. The Kier molecular flexibility index (Phi) is 11.7. The van der Waals surface area contributed by atoms with E-state index in [4.69, 9.17) is 4.74 Å². The Hall–Kier alpha value is -2.83. The first-order chi connectivity index (χ1) is 20.6. The summed E-state index contributed by atoms with van der Waals surface area (Å²) < 4.78 is 46.9. The molecule has 1 aliphatic heterocycles. The minimum atomic E-state index is -3.14. The molecule has 1 aliphatic carbocycles. The number of carbonyl (C=O) groups is 1. The minimum absolute atomic E-state index is 0.0404. The third-order valence-corrected chi connectivity index (χ3v) is 10.1. The smallest absolute Gasteiger partial charge is 0.257 e. The van der Waals surface area contributed by atoms with Crippen LogP contribution >= 0.6 is 0 Å². The van der Waals surface area contributed by atoms with Crippen molar-refractivity contribution in [3.63, 3.8) is 0 Å². The van der Waals surface area contributed by atoms with E-state index in [1.807, 2.05) is 20.8 Å². The molecule has 2 fully saturated rings. The Morgan fingerprint density at radius 1 is 1.09 bits per heavy atom. The standard InChI is InChI=1S/C31H47FN6O4S/c1-5-38(22(3)4)31(39)27-17-25(32)9-12-28(27)42-29-19-33-21-35-30(29)34-18-23-13-15-37(16-14-23)20-24-7-10-26(11-8-24)36-43(40,41)6-2/h9,12,17,19,21-24,26,36H,5-8,10-11,13-16,18,20H2,1-4H3,(H,33,34,35)/t24-,26-. The van der Waals surface area contributed by atoms with E-state index in [1.54, 1.807) is 18.0 Å². The zero-order valence-electron chi connectivity index (χ0n) is 25.9. The minimum Gasteiger partial charge on any atom is -0.451 e. The summed E-state index contributed by atoms with van der Waals surface area (Å²) in [6.07, 6.45) is 9.09. The number of hydrogen-bond donors (Lipinski definition) is 2. The first-order valence-corrected chi connectivity index (χ1v) is 17.3. The number of piperidine rings is 1. The van der Waals surface area contributed by atoms with Crippen molar-refractivity contribution >= 4 is 21.7 Å². The van der Waals surface area contributed by atoms with Gasteiger partial charge in [-0.3, -0.25) is 4.79 Å². The van der Waals surface area contributed by atoms with Crippen LogP contribution in [0.3, 0.4) is 0 Å². The molecule has 1 saturated heterocycles. The number of carbonyl (C=O) groups excluding carboxylic acids is 1. The van der Waals surface area contributed by atoms with Crippen LogP contribution in [0.2, 0.25) is 0 Å². The van der Waals surface area contributed by atoms with Crippen LogP contribution in [0.5, 0.6) is 11.5 Å². The van der Waals surface area contributed by atoms with Crippen LogP contribution in [0, 0.1) is 17.7 Å². The molecule has 1 amide bonds. The van der Waals surface area contributed by atoms with E-state index >= 15 is 0 Å². The highest BCUT2D eigenvalue weighted by molar-refractivity contribution is 7.89. The van der Waals surface area contributed by atoms with Crippen molar-refractivity contribution in [3.8, 4) is 11.5 Å². The van der Waals surface area contributed by atoms with Crippen LogP contribution in [0.4, 0.5) is 10.2 Å². The van der Waals surface area contributed by atoms with Crippen LogP contribution in [-0.4, -0.2) is 84.7 Å². The lowest BCUT2D eigenvalue weighted by Crippen LogP contribution is -2.42. The molecule has 12 heteroatoms. The van der Waals surface area contributed by atoms with Crippen LogP contribution < -0.4 is 14.8 Å². The maximum atomic E-state index is 14.2. The molecule has 0 atom stereocenters. The molecular weight excluding hydrogens is 571 g/mol. The highest BCUT2D eigenvalue weighted by Crippen LogP contribution is 2.32. The Labute approximate surface area is 255 Å². The number of anilines is 1. The van der Waals surface area contributed by atoms with Gasteiger partial charge in [0.25, 0.3) is 5.91 Å². The number of aromatic nitrogens is 2. The summed E-state index contributed by atoms with van der Waals surface area (Å²) in [5.41, 5.74) is 0.161. The Morgan fingerprint density at radius 3 is 2.47 bits per heavy atom. The van der Waals surface area contributed by atoms with Gasteiger partial charge in [0.2, 0.25) is 10.0 Å². The largest absolute Gasteiger partial charge is 0.451 e. The number of rotatable bonds is 13. The molecule has 2 aliphatic rings. The molecule has 0 unspecified atom stereocenters. The average Bonchev–Trinajstić information content (AvgIpc) is 2.99. The second-order valence-corrected chi connectivity index (χ2v) is 14.1. The number of benzene rings is 1. The van der Waals surface area contributed by atoms with E-state index in [0.717, 1.165) is 64.7 Å². The summed E-state index contributed by atoms with van der Waals surface area (Å²) >= 11 is 0. The summed E-state index contributed by atoms with van der Waals surface area (Å²) in [5.74, 6) is 1.60. The normalized spacial score (nSPS) is 20.2. The fourth-order valence-electron chi connectivity index (χ4n) is 6.08. The number of ether oxygens (including phenoxy) is 1. The summed E-state index contributed by atoms with van der Waals surface area (Å²) in [5, 5.41) is 3.42. The molecule has 1 aromatic heterocycles. The average molecular weight is 619 g/mol. The van der Waals surface area contributed by atoms with Crippen molar-refractivity contribution in [2.24, 2.45) is 11.8 Å². The van der Waals surface area contributed by atoms with Crippen LogP contribution in [0.1, 0.15) is 76.6 Å². The molecule has 2 aromatic rings. The zero-order chi connectivity index (χ0) is 31.0. The topological polar surface area (TPSA) is 117 Å². The van der Waals surface area contributed by atoms with E-state index < -0.39 is 15.8 Å². The van der Waals surface area contributed by atoms with Gasteiger partial charge in [-0.25, -0.2) is 27.5 Å². The number of nitrogens with one attached hydrogen (secondary N) is 2. The number of likely N-dealkylation sites (tertiary alicyclic amines) is 1. The molecule has 43 heavy (non-hydrogen) atoms. The van der Waals surface area contributed by atoms with Crippen molar-refractivity contribution < 1.29 is 22.3 Å². The van der Waals surface area contributed by atoms with Gasteiger partial charge in [-0.2, -0.15) is 0 Å². The fraction of sp³-hybridized carbons (Fsp3) is 0.645. The Balaban J connectivity index is 1.28. The van der Waals surface area contributed by atoms with E-state index in [0.29, 0.717) is 29.9 Å². The molecule has 2 heterocycles. The number of sulfonamides is 1. The molecule has 2 N–H and O–H groups in total. The quantitative estimate of drug-likeness (QED) is 0.326. The van der Waals surface area contributed by atoms with Gasteiger partial charge in [-0.15, -0.1) is 0 Å². The van der Waals surface area contributed by atoms with Gasteiger partial charge in [0.1, 0.15) is 17.9 Å². The maximum absolute atomic E-state index is 14.2. The lowest BCUT2D eigenvalue weighted by Gasteiger charge is -2.36. The second kappa shape index (κ2) is 15.3. The summed E-state index contributed by atoms with van der Waals surface area (Å²) in [7, 11) is -3.14. The van der Waals surface area contributed by atoms with E-state index in [2.05, 4.69) is 24.9 Å². The van der Waals surface area contributed by atoms with Crippen molar-refractivity contribution in [1.29, 1.82) is 0 Å². The zero-order valence-corrected chi connectivity index (χ0v) is 26.7. The number of amides is 1. The summed E-state index contributed by atoms with van der Waals surface area (Å²) in [4.78, 5) is 25.9. The second-order valence-electron chi connectivity index (χ2n) is 12.0. The van der Waals surface area contributed by atoms with Gasteiger partial charge < -0.3 is 19.9 Å². The molecular formula is C31H47FN6O4S. The van der Waals surface area contributed by atoms with E-state index in [9.17, 15) is 17.6 Å². The molecule has 0 spiro atoms. The SMILES string of the molecule is CCN(C(=O)c1cc(F)ccc1Oc1cncnc1NCC1CCN(C[C@H]2CC[C@H](NS(=O)(=O)CC)CC2)CC1)C(C)C. The fourth-order valence-corrected chi connectivity index (χ4v) is 6.99. The van der Waals surface area contributed by atoms with Crippen molar-refractivity contribution in [2.45, 2.75) is 78.3 Å². The van der Waals surface area contributed by atoms with Gasteiger partial charge in [-0.1, -0.05) is 0 Å². The van der Waals surface area contributed by atoms with Gasteiger partial charge in [0.05, 0.1) is 17.5 Å². The predicted octanol–water partition coefficient (Wildman–Crippen LogP) is 4.90. The Morgan fingerprint density at radius 2 is 1.81 bits per heavy atom. The van der Waals surface area contributed by atoms with Crippen LogP contribution in [0.15, 0.2) is 30.7 Å². The number of nitrogens with zero attached hydrogens (tertiary/aromatic N) is 4. The van der Waals surface area contributed by atoms with Gasteiger partial charge in [-0.05, 0) is 109 Å². The highest BCUT2D eigenvalue weighted by Gasteiger charge is 2.28. The van der Waals surface area contributed by atoms with Gasteiger partial charge in [0, 0.05) is 31.7 Å². The molecule has 0 bridgehead atoms. The lowest BCUT2D eigenvalue weighted by atomic mass is 9.85. The van der Waals surface area contributed by atoms with E-state index in [-0.39, 0.29) is 35.1 Å². The molecule has 4 rings (SSSR count). The predicted molar refractivity (Wildman–Crippen MR) is 166 cm³/mol. The van der Waals surface area contributed by atoms with Gasteiger partial charge in [0.15, 0.2) is 11.6 Å². The molecule has 238 valence electrons. The third kappa shape index (κ3) is 9.33.